The molecule has 1 aliphatic rings. The maximum absolute atomic E-state index is 3.62. The van der Waals surface area contributed by atoms with Crippen LogP contribution in [0.25, 0.3) is 0 Å². The molecular formula is C9H13Si. The van der Waals surface area contributed by atoms with Gasteiger partial charge >= 0.3 is 0 Å². The Morgan fingerprint density at radius 3 is 1.70 bits per heavy atom. The summed E-state index contributed by atoms with van der Waals surface area (Å²) in [6.07, 6.45) is 0. The van der Waals surface area contributed by atoms with Crippen LogP contribution in [0.4, 0.5) is 0 Å². The van der Waals surface area contributed by atoms with Gasteiger partial charge in [-0.15, -0.1) is 0 Å². The predicted molar refractivity (Wildman–Crippen MR) is 46.0 cm³/mol. The van der Waals surface area contributed by atoms with Gasteiger partial charge < -0.3 is 0 Å². The van der Waals surface area contributed by atoms with Crippen molar-refractivity contribution in [3.63, 3.8) is 0 Å². The SMILES string of the molecule is CC1=C(C)C(C)C(C)=C1[Si]. The molecule has 0 spiro atoms. The molecule has 0 N–H and O–H groups in total. The molecule has 10 heavy (non-hydrogen) atoms. The molecule has 0 aromatic heterocycles. The first kappa shape index (κ1) is 7.80. The van der Waals surface area contributed by atoms with Gasteiger partial charge in [0.15, 0.2) is 0 Å². The Labute approximate surface area is 66.4 Å². The Hall–Kier alpha value is -0.303. The van der Waals surface area contributed by atoms with Gasteiger partial charge in [-0.3, -0.25) is 0 Å². The molecule has 1 heteroatoms. The molecule has 1 rings (SSSR count). The van der Waals surface area contributed by atoms with Crippen molar-refractivity contribution in [1.29, 1.82) is 0 Å². The summed E-state index contributed by atoms with van der Waals surface area (Å²) in [5.74, 6) is 0.646. The summed E-state index contributed by atoms with van der Waals surface area (Å²) in [5.41, 5.74) is 4.39. The summed E-state index contributed by atoms with van der Waals surface area (Å²) in [7, 11) is 3.62. The first-order chi connectivity index (χ1) is 4.55. The molecule has 0 amide bonds. The minimum atomic E-state index is 0.646. The number of allylic oxidation sites excluding steroid dienone is 4. The third-order valence-corrected chi connectivity index (χ3v) is 3.43. The van der Waals surface area contributed by atoms with E-state index in [0.717, 1.165) is 0 Å². The second kappa shape index (κ2) is 2.39. The molecule has 53 valence electrons. The van der Waals surface area contributed by atoms with Crippen LogP contribution in [-0.4, -0.2) is 10.2 Å². The summed E-state index contributed by atoms with van der Waals surface area (Å²) in [4.78, 5) is 0. The molecule has 0 nitrogen and oxygen atoms in total. The number of hydrogen-bond donors (Lipinski definition) is 0. The second-order valence-corrected chi connectivity index (χ2v) is 3.59. The maximum Gasteiger partial charge on any atom is 0.0715 e. The van der Waals surface area contributed by atoms with Crippen molar-refractivity contribution in [2.24, 2.45) is 5.92 Å². The van der Waals surface area contributed by atoms with Crippen LogP contribution in [0.2, 0.25) is 0 Å². The Morgan fingerprint density at radius 1 is 1.10 bits per heavy atom. The van der Waals surface area contributed by atoms with Gasteiger partial charge in [0.2, 0.25) is 0 Å². The highest BCUT2D eigenvalue weighted by Gasteiger charge is 2.19. The third kappa shape index (κ3) is 0.890. The van der Waals surface area contributed by atoms with Crippen LogP contribution in [0.3, 0.4) is 0 Å². The molecule has 0 aromatic rings. The number of rotatable bonds is 0. The lowest BCUT2D eigenvalue weighted by atomic mass is 10.0. The van der Waals surface area contributed by atoms with Crippen LogP contribution in [0.1, 0.15) is 27.7 Å². The fourth-order valence-corrected chi connectivity index (χ4v) is 1.77. The molecule has 1 unspecified atom stereocenters. The van der Waals surface area contributed by atoms with E-state index in [1.807, 2.05) is 0 Å². The van der Waals surface area contributed by atoms with E-state index in [4.69, 9.17) is 0 Å². The molecule has 0 aromatic carbocycles. The molecule has 0 aliphatic heterocycles. The first-order valence-electron chi connectivity index (χ1n) is 3.65. The van der Waals surface area contributed by atoms with Crippen molar-refractivity contribution >= 4 is 10.2 Å². The van der Waals surface area contributed by atoms with Crippen LogP contribution in [0, 0.1) is 5.92 Å². The largest absolute Gasteiger partial charge is 0.0715 e. The van der Waals surface area contributed by atoms with Crippen molar-refractivity contribution in [2.45, 2.75) is 27.7 Å². The van der Waals surface area contributed by atoms with Crippen molar-refractivity contribution in [3.8, 4) is 0 Å². The van der Waals surface area contributed by atoms with Crippen LogP contribution < -0.4 is 0 Å². The molecular weight excluding hydrogens is 136 g/mol. The lowest BCUT2D eigenvalue weighted by molar-refractivity contribution is 0.817. The number of hydrogen-bond acceptors (Lipinski definition) is 0. The molecule has 3 radical (unpaired) electrons. The Kier molecular flexibility index (Phi) is 1.86. The van der Waals surface area contributed by atoms with Gasteiger partial charge in [0.1, 0.15) is 0 Å². The van der Waals surface area contributed by atoms with Crippen molar-refractivity contribution in [1.82, 2.24) is 0 Å². The summed E-state index contributed by atoms with van der Waals surface area (Å²) >= 11 is 0. The molecule has 0 saturated carbocycles. The highest BCUT2D eigenvalue weighted by atomic mass is 28.1. The van der Waals surface area contributed by atoms with Crippen molar-refractivity contribution < 1.29 is 0 Å². The zero-order valence-electron chi connectivity index (χ0n) is 7.08. The molecule has 0 saturated heterocycles. The summed E-state index contributed by atoms with van der Waals surface area (Å²) < 4.78 is 0. The van der Waals surface area contributed by atoms with Gasteiger partial charge in [0.25, 0.3) is 0 Å². The van der Waals surface area contributed by atoms with Gasteiger partial charge in [-0.25, -0.2) is 0 Å². The van der Waals surface area contributed by atoms with Gasteiger partial charge in [0.05, 0.1) is 10.2 Å². The zero-order chi connectivity index (χ0) is 7.89. The average molecular weight is 149 g/mol. The summed E-state index contributed by atoms with van der Waals surface area (Å²) in [5, 5.41) is 1.31. The normalized spacial score (nSPS) is 26.7. The fourth-order valence-electron chi connectivity index (χ4n) is 1.36. The summed E-state index contributed by atoms with van der Waals surface area (Å²) in [6, 6.07) is 0. The lowest BCUT2D eigenvalue weighted by Gasteiger charge is -2.05. The van der Waals surface area contributed by atoms with E-state index in [-0.39, 0.29) is 0 Å². The molecule has 1 atom stereocenters. The highest BCUT2D eigenvalue weighted by molar-refractivity contribution is 6.25. The Bertz CT molecular complexity index is 197. The Balaban J connectivity index is 3.09. The van der Waals surface area contributed by atoms with E-state index in [9.17, 15) is 0 Å². The van der Waals surface area contributed by atoms with E-state index in [1.165, 1.54) is 21.9 Å². The van der Waals surface area contributed by atoms with Gasteiger partial charge in [-0.05, 0) is 26.7 Å². The summed E-state index contributed by atoms with van der Waals surface area (Å²) in [6.45, 7) is 8.82. The minimum absolute atomic E-state index is 0.646. The van der Waals surface area contributed by atoms with Crippen LogP contribution in [0.15, 0.2) is 21.9 Å². The van der Waals surface area contributed by atoms with E-state index in [2.05, 4.69) is 37.9 Å². The topological polar surface area (TPSA) is 0 Å². The first-order valence-corrected chi connectivity index (χ1v) is 4.15. The standard InChI is InChI=1S/C9H13Si/c1-5-6(2)8(4)9(10)7(5)3/h5H,1-4H3. The van der Waals surface area contributed by atoms with Crippen LogP contribution >= 0.6 is 0 Å². The van der Waals surface area contributed by atoms with Gasteiger partial charge in [0, 0.05) is 0 Å². The van der Waals surface area contributed by atoms with E-state index < -0.39 is 0 Å². The van der Waals surface area contributed by atoms with Crippen molar-refractivity contribution in [3.05, 3.63) is 21.9 Å². The smallest absolute Gasteiger partial charge is 0.0677 e. The van der Waals surface area contributed by atoms with Gasteiger partial charge in [-0.2, -0.15) is 0 Å². The predicted octanol–water partition coefficient (Wildman–Crippen LogP) is 2.42. The average Bonchev–Trinajstić information content (AvgIpc) is 2.07. The lowest BCUT2D eigenvalue weighted by Crippen LogP contribution is -1.92. The van der Waals surface area contributed by atoms with Crippen LogP contribution in [0.5, 0.6) is 0 Å². The minimum Gasteiger partial charge on any atom is -0.0677 e. The van der Waals surface area contributed by atoms with Crippen molar-refractivity contribution in [2.75, 3.05) is 0 Å². The van der Waals surface area contributed by atoms with E-state index in [1.54, 1.807) is 0 Å². The quantitative estimate of drug-likeness (QED) is 0.464. The zero-order valence-corrected chi connectivity index (χ0v) is 8.08. The monoisotopic (exact) mass is 149 g/mol. The maximum atomic E-state index is 3.62. The third-order valence-electron chi connectivity index (χ3n) is 2.66. The molecule has 0 bridgehead atoms. The van der Waals surface area contributed by atoms with Gasteiger partial charge in [-0.1, -0.05) is 28.8 Å². The van der Waals surface area contributed by atoms with E-state index >= 15 is 0 Å². The molecule has 0 heterocycles. The molecule has 0 fully saturated rings. The fraction of sp³-hybridized carbons (Fsp3) is 0.556. The Morgan fingerprint density at radius 2 is 1.60 bits per heavy atom. The highest BCUT2D eigenvalue weighted by Crippen LogP contribution is 2.34. The van der Waals surface area contributed by atoms with E-state index in [0.29, 0.717) is 5.92 Å². The molecule has 1 aliphatic carbocycles. The van der Waals surface area contributed by atoms with Crippen LogP contribution in [-0.2, 0) is 0 Å². The second-order valence-electron chi connectivity index (χ2n) is 3.09.